The molecule has 1 amide bonds. The van der Waals surface area contributed by atoms with Crippen LogP contribution in [0.3, 0.4) is 0 Å². The summed E-state index contributed by atoms with van der Waals surface area (Å²) in [4.78, 5) is 13.2. The molecule has 1 atom stereocenters. The van der Waals surface area contributed by atoms with E-state index in [1.807, 2.05) is 31.3 Å². The van der Waals surface area contributed by atoms with Crippen LogP contribution in [0.25, 0.3) is 0 Å². The maximum atomic E-state index is 11.4. The molecule has 0 heterocycles. The lowest BCUT2D eigenvalue weighted by molar-refractivity contribution is -0.122. The fourth-order valence-electron chi connectivity index (χ4n) is 1.43. The Kier molecular flexibility index (Phi) is 4.13. The van der Waals surface area contributed by atoms with Crippen LogP contribution in [0.1, 0.15) is 6.92 Å². The van der Waals surface area contributed by atoms with Crippen LogP contribution in [0.5, 0.6) is 5.75 Å². The minimum absolute atomic E-state index is 0.242. The number of nitrogens with one attached hydrogen (secondary N) is 1. The van der Waals surface area contributed by atoms with Crippen molar-refractivity contribution < 1.29 is 9.53 Å². The van der Waals surface area contributed by atoms with Gasteiger partial charge in [0.1, 0.15) is 11.8 Å². The third-order valence-electron chi connectivity index (χ3n) is 2.57. The van der Waals surface area contributed by atoms with Gasteiger partial charge in [-0.05, 0) is 19.1 Å². The normalized spacial score (nSPS) is 11.8. The van der Waals surface area contributed by atoms with Crippen LogP contribution in [0, 0.1) is 0 Å². The lowest BCUT2D eigenvalue weighted by Gasteiger charge is -2.26. The van der Waals surface area contributed by atoms with E-state index in [4.69, 9.17) is 10.6 Å². The summed E-state index contributed by atoms with van der Waals surface area (Å²) in [5.41, 5.74) is 2.98. The minimum atomic E-state index is -0.360. The second-order valence-corrected chi connectivity index (χ2v) is 3.47. The van der Waals surface area contributed by atoms with E-state index in [2.05, 4.69) is 5.43 Å². The fourth-order valence-corrected chi connectivity index (χ4v) is 1.43. The Balaban J connectivity index is 2.95. The molecule has 1 aromatic rings. The number of hydrogen-bond donors (Lipinski definition) is 2. The van der Waals surface area contributed by atoms with Gasteiger partial charge in [0.2, 0.25) is 0 Å². The smallest absolute Gasteiger partial charge is 0.256 e. The van der Waals surface area contributed by atoms with Crippen LogP contribution < -0.4 is 20.9 Å². The molecule has 1 unspecified atom stereocenters. The number of para-hydroxylation sites is 2. The molecule has 16 heavy (non-hydrogen) atoms. The van der Waals surface area contributed by atoms with Crippen LogP contribution in [-0.4, -0.2) is 26.1 Å². The Morgan fingerprint density at radius 1 is 1.50 bits per heavy atom. The van der Waals surface area contributed by atoms with Gasteiger partial charge in [-0.2, -0.15) is 0 Å². The summed E-state index contributed by atoms with van der Waals surface area (Å²) >= 11 is 0. The maximum Gasteiger partial charge on any atom is 0.256 e. The second kappa shape index (κ2) is 5.37. The summed E-state index contributed by atoms with van der Waals surface area (Å²) < 4.78 is 5.23. The van der Waals surface area contributed by atoms with E-state index in [1.165, 1.54) is 0 Å². The molecule has 5 heteroatoms. The van der Waals surface area contributed by atoms with Crippen LogP contribution in [-0.2, 0) is 4.79 Å². The van der Waals surface area contributed by atoms with Crippen molar-refractivity contribution in [2.24, 2.45) is 5.84 Å². The van der Waals surface area contributed by atoms with Gasteiger partial charge in [0, 0.05) is 7.05 Å². The predicted octanol–water partition coefficient (Wildman–Crippen LogP) is 0.510. The Labute approximate surface area is 95.2 Å². The van der Waals surface area contributed by atoms with Crippen molar-refractivity contribution in [3.8, 4) is 5.75 Å². The highest BCUT2D eigenvalue weighted by Gasteiger charge is 2.19. The van der Waals surface area contributed by atoms with Gasteiger partial charge in [-0.15, -0.1) is 0 Å². The molecule has 0 bridgehead atoms. The molecule has 0 spiro atoms. The molecule has 3 N–H and O–H groups in total. The summed E-state index contributed by atoms with van der Waals surface area (Å²) in [6.45, 7) is 1.77. The van der Waals surface area contributed by atoms with E-state index in [1.54, 1.807) is 18.9 Å². The van der Waals surface area contributed by atoms with Crippen molar-refractivity contribution in [3.63, 3.8) is 0 Å². The molecular weight excluding hydrogens is 206 g/mol. The van der Waals surface area contributed by atoms with Gasteiger partial charge in [-0.1, -0.05) is 12.1 Å². The topological polar surface area (TPSA) is 67.6 Å². The first-order chi connectivity index (χ1) is 7.61. The number of likely N-dealkylation sites (N-methyl/N-ethyl adjacent to an activating group) is 1. The highest BCUT2D eigenvalue weighted by Crippen LogP contribution is 2.27. The fraction of sp³-hybridized carbons (Fsp3) is 0.364. The lowest BCUT2D eigenvalue weighted by atomic mass is 10.2. The quantitative estimate of drug-likeness (QED) is 0.443. The zero-order valence-electron chi connectivity index (χ0n) is 9.73. The predicted molar refractivity (Wildman–Crippen MR) is 63.2 cm³/mol. The average Bonchev–Trinajstić information content (AvgIpc) is 2.35. The summed E-state index contributed by atoms with van der Waals surface area (Å²) in [6, 6.07) is 7.14. The Morgan fingerprint density at radius 3 is 2.69 bits per heavy atom. The molecule has 0 saturated heterocycles. The average molecular weight is 223 g/mol. The minimum Gasteiger partial charge on any atom is -0.495 e. The molecule has 1 rings (SSSR count). The van der Waals surface area contributed by atoms with Gasteiger partial charge in [0.25, 0.3) is 5.91 Å². The number of nitrogens with zero attached hydrogens (tertiary/aromatic N) is 1. The largest absolute Gasteiger partial charge is 0.495 e. The van der Waals surface area contributed by atoms with Crippen molar-refractivity contribution in [1.29, 1.82) is 0 Å². The van der Waals surface area contributed by atoms with Crippen molar-refractivity contribution >= 4 is 11.6 Å². The first-order valence-electron chi connectivity index (χ1n) is 4.98. The molecule has 88 valence electrons. The van der Waals surface area contributed by atoms with E-state index in [0.717, 1.165) is 11.4 Å². The summed E-state index contributed by atoms with van der Waals surface area (Å²) in [5, 5.41) is 0. The third-order valence-corrected chi connectivity index (χ3v) is 2.57. The SMILES string of the molecule is COc1ccccc1N(C)C(C)C(=O)NN. The second-order valence-electron chi connectivity index (χ2n) is 3.47. The molecular formula is C11H17N3O2. The van der Waals surface area contributed by atoms with Gasteiger partial charge in [0.05, 0.1) is 12.8 Å². The van der Waals surface area contributed by atoms with Crippen molar-refractivity contribution in [1.82, 2.24) is 5.43 Å². The summed E-state index contributed by atoms with van der Waals surface area (Å²) in [7, 11) is 3.41. The number of hydrogen-bond acceptors (Lipinski definition) is 4. The standard InChI is InChI=1S/C11H17N3O2/c1-8(11(15)13-12)14(2)9-6-4-5-7-10(9)16-3/h4-8H,12H2,1-3H3,(H,13,15). The number of carbonyl (C=O) groups is 1. The Bertz CT molecular complexity index is 368. The van der Waals surface area contributed by atoms with Gasteiger partial charge in [-0.3, -0.25) is 10.2 Å². The number of hydrazine groups is 1. The molecule has 0 saturated carbocycles. The van der Waals surface area contributed by atoms with E-state index in [9.17, 15) is 4.79 Å². The van der Waals surface area contributed by atoms with Crippen molar-refractivity contribution in [2.45, 2.75) is 13.0 Å². The van der Waals surface area contributed by atoms with Crippen LogP contribution in [0.4, 0.5) is 5.69 Å². The molecule has 1 aromatic carbocycles. The number of benzene rings is 1. The van der Waals surface area contributed by atoms with E-state index < -0.39 is 0 Å². The van der Waals surface area contributed by atoms with E-state index in [-0.39, 0.29) is 11.9 Å². The number of amides is 1. The van der Waals surface area contributed by atoms with Crippen molar-refractivity contribution in [3.05, 3.63) is 24.3 Å². The van der Waals surface area contributed by atoms with Gasteiger partial charge < -0.3 is 9.64 Å². The Hall–Kier alpha value is -1.75. The lowest BCUT2D eigenvalue weighted by Crippen LogP contribution is -2.46. The number of anilines is 1. The summed E-state index contributed by atoms with van der Waals surface area (Å²) in [5.74, 6) is 5.58. The molecule has 0 aliphatic heterocycles. The maximum absolute atomic E-state index is 11.4. The highest BCUT2D eigenvalue weighted by molar-refractivity contribution is 5.84. The number of methoxy groups -OCH3 is 1. The molecule has 0 aromatic heterocycles. The number of carbonyl (C=O) groups excluding carboxylic acids is 1. The first kappa shape index (κ1) is 12.3. The van der Waals surface area contributed by atoms with Crippen LogP contribution in [0.2, 0.25) is 0 Å². The molecule has 0 radical (unpaired) electrons. The number of rotatable bonds is 4. The zero-order valence-corrected chi connectivity index (χ0v) is 9.73. The molecule has 0 fully saturated rings. The van der Waals surface area contributed by atoms with Gasteiger partial charge >= 0.3 is 0 Å². The highest BCUT2D eigenvalue weighted by atomic mass is 16.5. The molecule has 0 aliphatic rings. The zero-order chi connectivity index (χ0) is 12.1. The van der Waals surface area contributed by atoms with Gasteiger partial charge in [-0.25, -0.2) is 5.84 Å². The number of nitrogens with two attached hydrogens (primary N) is 1. The van der Waals surface area contributed by atoms with E-state index >= 15 is 0 Å². The molecule has 5 nitrogen and oxygen atoms in total. The Morgan fingerprint density at radius 2 is 2.12 bits per heavy atom. The molecule has 0 aliphatic carbocycles. The summed E-state index contributed by atoms with van der Waals surface area (Å²) in [6.07, 6.45) is 0. The van der Waals surface area contributed by atoms with Gasteiger partial charge in [0.15, 0.2) is 0 Å². The van der Waals surface area contributed by atoms with Crippen LogP contribution >= 0.6 is 0 Å². The van der Waals surface area contributed by atoms with Crippen molar-refractivity contribution in [2.75, 3.05) is 19.1 Å². The first-order valence-corrected chi connectivity index (χ1v) is 4.98. The van der Waals surface area contributed by atoms with Crippen LogP contribution in [0.15, 0.2) is 24.3 Å². The number of ether oxygens (including phenoxy) is 1. The monoisotopic (exact) mass is 223 g/mol. The third kappa shape index (κ3) is 2.43. The van der Waals surface area contributed by atoms with E-state index in [0.29, 0.717) is 0 Å².